The number of amides is 3. The van der Waals surface area contributed by atoms with Crippen molar-refractivity contribution in [1.29, 1.82) is 0 Å². The third-order valence-electron chi connectivity index (χ3n) is 9.95. The fourth-order valence-corrected chi connectivity index (χ4v) is 8.72. The molecule has 10 nitrogen and oxygen atoms in total. The summed E-state index contributed by atoms with van der Waals surface area (Å²) in [6, 6.07) is 14.4. The Morgan fingerprint density at radius 2 is 1.86 bits per heavy atom. The molecule has 3 amide bonds. The van der Waals surface area contributed by atoms with Crippen LogP contribution in [0.4, 0.5) is 5.69 Å². The second-order valence-electron chi connectivity index (χ2n) is 12.8. The second-order valence-corrected chi connectivity index (χ2v) is 14.4. The second kappa shape index (κ2) is 15.6. The number of fused-ring (bicyclic) bond motifs is 1. The molecule has 2 aromatic rings. The summed E-state index contributed by atoms with van der Waals surface area (Å²) in [6.45, 7) is 9.35. The number of benzene rings is 2. The van der Waals surface area contributed by atoms with Crippen LogP contribution in [0.2, 0.25) is 5.02 Å². The number of hydrogen-bond acceptors (Lipinski definition) is 7. The molecule has 3 aliphatic heterocycles. The number of likely N-dealkylation sites (N-methyl/N-ethyl adjacent to an activating group) is 1. The van der Waals surface area contributed by atoms with Gasteiger partial charge in [0.25, 0.3) is 5.91 Å². The van der Waals surface area contributed by atoms with E-state index in [4.69, 9.17) is 21.1 Å². The summed E-state index contributed by atoms with van der Waals surface area (Å²) in [7, 11) is 1.67. The number of likely N-dealkylation sites (tertiary alicyclic amines) is 1. The highest BCUT2D eigenvalue weighted by Gasteiger charge is 2.77. The molecule has 5 rings (SSSR count). The average molecular weight is 757 g/mol. The summed E-state index contributed by atoms with van der Waals surface area (Å²) in [5.74, 6) is -3.65. The predicted octanol–water partition coefficient (Wildman–Crippen LogP) is 5.09. The lowest BCUT2D eigenvalue weighted by Crippen LogP contribution is -2.57. The van der Waals surface area contributed by atoms with Gasteiger partial charge in [0.2, 0.25) is 11.8 Å². The Kier molecular flexibility index (Phi) is 11.7. The van der Waals surface area contributed by atoms with Crippen molar-refractivity contribution < 1.29 is 33.8 Å². The van der Waals surface area contributed by atoms with Crippen molar-refractivity contribution >= 4 is 56.9 Å². The van der Waals surface area contributed by atoms with E-state index in [2.05, 4.69) is 29.1 Å². The van der Waals surface area contributed by atoms with Crippen LogP contribution in [0.5, 0.6) is 0 Å². The molecule has 0 radical (unpaired) electrons. The van der Waals surface area contributed by atoms with Gasteiger partial charge in [-0.1, -0.05) is 82.1 Å². The van der Waals surface area contributed by atoms with Crippen LogP contribution in [-0.4, -0.2) is 94.0 Å². The van der Waals surface area contributed by atoms with Crippen molar-refractivity contribution in [3.63, 3.8) is 0 Å². The molecular formula is C37H43BrClN3O7. The third-order valence-corrected chi connectivity index (χ3v) is 11.1. The van der Waals surface area contributed by atoms with Crippen LogP contribution in [0.3, 0.4) is 0 Å². The number of esters is 1. The largest absolute Gasteiger partial charge is 0.455 e. The van der Waals surface area contributed by atoms with E-state index in [1.165, 1.54) is 9.80 Å². The molecule has 0 saturated carbocycles. The van der Waals surface area contributed by atoms with Crippen LogP contribution in [-0.2, 0) is 28.7 Å². The number of para-hydroxylation sites is 1. The zero-order chi connectivity index (χ0) is 35.5. The molecule has 262 valence electrons. The molecule has 49 heavy (non-hydrogen) atoms. The molecule has 3 aliphatic rings. The summed E-state index contributed by atoms with van der Waals surface area (Å²) in [6.07, 6.45) is 2.96. The molecule has 3 heterocycles. The van der Waals surface area contributed by atoms with Gasteiger partial charge < -0.3 is 29.3 Å². The van der Waals surface area contributed by atoms with Crippen molar-refractivity contribution in [2.75, 3.05) is 31.6 Å². The van der Waals surface area contributed by atoms with Gasteiger partial charge in [-0.05, 0) is 43.9 Å². The van der Waals surface area contributed by atoms with Gasteiger partial charge in [-0.3, -0.25) is 19.2 Å². The number of hydrogen-bond donors (Lipinski definition) is 1. The topological polar surface area (TPSA) is 117 Å². The fourth-order valence-electron chi connectivity index (χ4n) is 7.54. The SMILES string of the molecule is C=CCCC(=O)N(C)[C@H](C)[C@H](OC(=O)[C@H]1[C@@H]2O[C@@]3(CC2Br)[C@@H]1C(=O)N(CCCO)[C@@H]3C(=O)N(CC=C)c1ccccc1Cl)c1ccccc1. The molecule has 1 spiro atoms. The predicted molar refractivity (Wildman–Crippen MR) is 190 cm³/mol. The number of halogens is 2. The maximum Gasteiger partial charge on any atom is 0.313 e. The van der Waals surface area contributed by atoms with E-state index in [0.29, 0.717) is 29.1 Å². The standard InChI is InChI=1S/C37H43BrClN3O7/c1-5-7-18-28(44)40(4)23(3)31(24-14-9-8-10-15-24)48-36(47)29-30-34(45)42(20-13-21-43)33(37(30)22-25(38)32(29)49-37)35(46)41(19-6-2)27-17-12-11-16-26(27)39/h5-6,8-12,14-17,23,25,29-33,43H,1-2,7,13,18-22H2,3-4H3/t23-,25?,29-,30+,31+,32-,33-,37+/m1/s1. The van der Waals surface area contributed by atoms with Crippen molar-refractivity contribution in [3.05, 3.63) is 90.5 Å². The first-order valence-electron chi connectivity index (χ1n) is 16.5. The van der Waals surface area contributed by atoms with Crippen LogP contribution in [0.25, 0.3) is 0 Å². The summed E-state index contributed by atoms with van der Waals surface area (Å²) in [5.41, 5.74) is -0.206. The van der Waals surface area contributed by atoms with E-state index in [-0.39, 0.29) is 43.3 Å². The third kappa shape index (κ3) is 6.82. The molecule has 3 fully saturated rings. The molecule has 8 atom stereocenters. The lowest BCUT2D eigenvalue weighted by atomic mass is 9.70. The van der Waals surface area contributed by atoms with Crippen LogP contribution >= 0.6 is 27.5 Å². The van der Waals surface area contributed by atoms with E-state index < -0.39 is 59.5 Å². The number of nitrogens with zero attached hydrogens (tertiary/aromatic N) is 3. The van der Waals surface area contributed by atoms with Gasteiger partial charge in [0.05, 0.1) is 34.7 Å². The van der Waals surface area contributed by atoms with E-state index >= 15 is 0 Å². The molecule has 0 aromatic heterocycles. The average Bonchev–Trinajstić information content (AvgIpc) is 3.70. The number of carbonyl (C=O) groups excluding carboxylic acids is 4. The fraction of sp³-hybridized carbons (Fsp3) is 0.459. The quantitative estimate of drug-likeness (QED) is 0.153. The lowest BCUT2D eigenvalue weighted by Gasteiger charge is -2.37. The van der Waals surface area contributed by atoms with Gasteiger partial charge in [-0.2, -0.15) is 0 Å². The molecule has 1 unspecified atom stereocenters. The summed E-state index contributed by atoms with van der Waals surface area (Å²) in [5, 5.41) is 10.1. The van der Waals surface area contributed by atoms with Crippen LogP contribution in [0.15, 0.2) is 79.9 Å². The number of ether oxygens (including phenoxy) is 2. The molecular weight excluding hydrogens is 714 g/mol. The maximum absolute atomic E-state index is 14.7. The minimum Gasteiger partial charge on any atom is -0.455 e. The molecule has 2 bridgehead atoms. The highest BCUT2D eigenvalue weighted by atomic mass is 79.9. The Morgan fingerprint density at radius 3 is 2.51 bits per heavy atom. The molecule has 2 aromatic carbocycles. The smallest absolute Gasteiger partial charge is 0.313 e. The normalized spacial score (nSPS) is 26.5. The van der Waals surface area contributed by atoms with Gasteiger partial charge in [-0.25, -0.2) is 0 Å². The molecule has 1 N–H and O–H groups in total. The van der Waals surface area contributed by atoms with E-state index in [1.807, 2.05) is 37.3 Å². The monoisotopic (exact) mass is 755 g/mol. The molecule has 12 heteroatoms. The first kappa shape index (κ1) is 36.8. The Morgan fingerprint density at radius 1 is 1.16 bits per heavy atom. The number of aliphatic hydroxyl groups excluding tert-OH is 1. The number of anilines is 1. The van der Waals surface area contributed by atoms with Crippen LogP contribution in [0, 0.1) is 11.8 Å². The first-order valence-corrected chi connectivity index (χ1v) is 17.8. The Balaban J connectivity index is 1.51. The lowest BCUT2D eigenvalue weighted by molar-refractivity contribution is -0.164. The molecule has 0 aliphatic carbocycles. The van der Waals surface area contributed by atoms with Gasteiger partial charge in [0.15, 0.2) is 0 Å². The minimum absolute atomic E-state index is 0.0818. The highest BCUT2D eigenvalue weighted by molar-refractivity contribution is 9.09. The van der Waals surface area contributed by atoms with Crippen molar-refractivity contribution in [1.82, 2.24) is 9.80 Å². The van der Waals surface area contributed by atoms with Gasteiger partial charge in [0.1, 0.15) is 17.7 Å². The number of aliphatic hydroxyl groups is 1. The summed E-state index contributed by atoms with van der Waals surface area (Å²) < 4.78 is 13.0. The zero-order valence-corrected chi connectivity index (χ0v) is 30.1. The number of carbonyl (C=O) groups is 4. The Hall–Kier alpha value is -3.51. The first-order chi connectivity index (χ1) is 23.5. The minimum atomic E-state index is -1.35. The van der Waals surface area contributed by atoms with Gasteiger partial charge in [-0.15, -0.1) is 13.2 Å². The summed E-state index contributed by atoms with van der Waals surface area (Å²) >= 11 is 10.3. The van der Waals surface area contributed by atoms with Crippen LogP contribution in [0.1, 0.15) is 44.3 Å². The number of allylic oxidation sites excluding steroid dienone is 1. The maximum atomic E-state index is 14.7. The van der Waals surface area contributed by atoms with E-state index in [0.717, 1.165) is 0 Å². The highest BCUT2D eigenvalue weighted by Crippen LogP contribution is 2.60. The summed E-state index contributed by atoms with van der Waals surface area (Å²) in [4.78, 5) is 60.7. The molecule has 3 saturated heterocycles. The number of rotatable bonds is 15. The van der Waals surface area contributed by atoms with Gasteiger partial charge >= 0.3 is 5.97 Å². The van der Waals surface area contributed by atoms with Gasteiger partial charge in [0, 0.05) is 38.0 Å². The Labute approximate surface area is 300 Å². The Bertz CT molecular complexity index is 1580. The van der Waals surface area contributed by atoms with E-state index in [1.54, 1.807) is 48.4 Å². The van der Waals surface area contributed by atoms with Crippen molar-refractivity contribution in [3.8, 4) is 0 Å². The zero-order valence-electron chi connectivity index (χ0n) is 27.8. The van der Waals surface area contributed by atoms with E-state index in [9.17, 15) is 24.3 Å². The van der Waals surface area contributed by atoms with Crippen molar-refractivity contribution in [2.24, 2.45) is 11.8 Å². The van der Waals surface area contributed by atoms with Crippen LogP contribution < -0.4 is 4.90 Å². The number of alkyl halides is 1. The van der Waals surface area contributed by atoms with Crippen molar-refractivity contribution in [2.45, 2.75) is 67.3 Å².